The summed E-state index contributed by atoms with van der Waals surface area (Å²) in [5.74, 6) is 0.115. The van der Waals surface area contributed by atoms with Crippen molar-refractivity contribution in [3.8, 4) is 5.75 Å². The minimum Gasteiger partial charge on any atom is -0.487 e. The highest BCUT2D eigenvalue weighted by atomic mass is 35.5. The van der Waals surface area contributed by atoms with Crippen molar-refractivity contribution < 1.29 is 26.3 Å². The SMILES string of the molecule is CC1(C)CC(c2ccc(C(F)(F)F)cc2C2=CCNCC2)c2ccc(S(=O)(=O)Nc3nccs3)cc2O1.Cl. The summed E-state index contributed by atoms with van der Waals surface area (Å²) in [6.45, 7) is 5.07. The van der Waals surface area contributed by atoms with Gasteiger partial charge in [0.25, 0.3) is 10.0 Å². The lowest BCUT2D eigenvalue weighted by atomic mass is 9.76. The molecule has 1 atom stereocenters. The molecule has 3 heterocycles. The number of nitrogens with one attached hydrogen (secondary N) is 2. The maximum Gasteiger partial charge on any atom is 0.416 e. The Morgan fingerprint density at radius 3 is 2.58 bits per heavy atom. The van der Waals surface area contributed by atoms with E-state index < -0.39 is 27.4 Å². The molecule has 38 heavy (non-hydrogen) atoms. The van der Waals surface area contributed by atoms with Crippen LogP contribution < -0.4 is 14.8 Å². The van der Waals surface area contributed by atoms with Crippen molar-refractivity contribution in [3.63, 3.8) is 0 Å². The average molecular weight is 586 g/mol. The molecule has 0 aliphatic carbocycles. The highest BCUT2D eigenvalue weighted by molar-refractivity contribution is 7.93. The zero-order valence-electron chi connectivity index (χ0n) is 20.6. The van der Waals surface area contributed by atoms with Gasteiger partial charge in [0.2, 0.25) is 0 Å². The third-order valence-electron chi connectivity index (χ3n) is 6.57. The van der Waals surface area contributed by atoms with Crippen molar-refractivity contribution >= 4 is 44.5 Å². The molecular weight excluding hydrogens is 559 g/mol. The molecule has 2 N–H and O–H groups in total. The van der Waals surface area contributed by atoms with Crippen LogP contribution >= 0.6 is 23.7 Å². The van der Waals surface area contributed by atoms with Crippen molar-refractivity contribution in [2.75, 3.05) is 17.8 Å². The number of hydrogen-bond acceptors (Lipinski definition) is 6. The van der Waals surface area contributed by atoms with Crippen molar-refractivity contribution in [2.24, 2.45) is 0 Å². The fourth-order valence-electron chi connectivity index (χ4n) is 4.91. The van der Waals surface area contributed by atoms with Gasteiger partial charge in [-0.25, -0.2) is 13.4 Å². The van der Waals surface area contributed by atoms with Gasteiger partial charge in [0.05, 0.1) is 10.5 Å². The molecule has 6 nitrogen and oxygen atoms in total. The number of nitrogens with zero attached hydrogens (tertiary/aromatic N) is 1. The van der Waals surface area contributed by atoms with Crippen LogP contribution in [0.4, 0.5) is 18.3 Å². The maximum atomic E-state index is 13.6. The molecule has 12 heteroatoms. The van der Waals surface area contributed by atoms with Crippen LogP contribution in [0.3, 0.4) is 0 Å². The van der Waals surface area contributed by atoms with Crippen LogP contribution in [0, 0.1) is 0 Å². The molecule has 3 aromatic rings. The molecule has 0 bridgehead atoms. The Labute approximate surface area is 229 Å². The molecule has 0 radical (unpaired) electrons. The van der Waals surface area contributed by atoms with Crippen LogP contribution in [0.1, 0.15) is 54.9 Å². The minimum atomic E-state index is -4.46. The third kappa shape index (κ3) is 5.85. The Balaban J connectivity index is 0.00000336. The van der Waals surface area contributed by atoms with Gasteiger partial charge in [-0.2, -0.15) is 13.2 Å². The van der Waals surface area contributed by atoms with Crippen LogP contribution in [0.25, 0.3) is 5.57 Å². The topological polar surface area (TPSA) is 80.3 Å². The van der Waals surface area contributed by atoms with Gasteiger partial charge in [0.1, 0.15) is 11.4 Å². The van der Waals surface area contributed by atoms with Crippen LogP contribution in [-0.2, 0) is 16.2 Å². The molecule has 5 rings (SSSR count). The number of rotatable bonds is 5. The lowest BCUT2D eigenvalue weighted by Crippen LogP contribution is -2.35. The predicted molar refractivity (Wildman–Crippen MR) is 145 cm³/mol. The fourth-order valence-corrected chi connectivity index (χ4v) is 6.71. The van der Waals surface area contributed by atoms with Gasteiger partial charge >= 0.3 is 6.18 Å². The molecule has 204 valence electrons. The van der Waals surface area contributed by atoms with E-state index in [1.165, 1.54) is 35.7 Å². The normalized spacial score (nSPS) is 19.0. The summed E-state index contributed by atoms with van der Waals surface area (Å²) in [6.07, 6.45) is 0.126. The van der Waals surface area contributed by atoms with E-state index in [-0.39, 0.29) is 28.4 Å². The maximum absolute atomic E-state index is 13.6. The molecule has 2 aromatic carbocycles. The second-order valence-corrected chi connectivity index (χ2v) is 12.3. The van der Waals surface area contributed by atoms with Crippen LogP contribution in [0.2, 0.25) is 0 Å². The van der Waals surface area contributed by atoms with Gasteiger partial charge in [-0.15, -0.1) is 23.7 Å². The predicted octanol–water partition coefficient (Wildman–Crippen LogP) is 6.45. The largest absolute Gasteiger partial charge is 0.487 e. The summed E-state index contributed by atoms with van der Waals surface area (Å²) in [7, 11) is -3.91. The molecular formula is C26H27ClF3N3O3S2. The zero-order valence-corrected chi connectivity index (χ0v) is 23.1. The number of fused-ring (bicyclic) bond motifs is 1. The van der Waals surface area contributed by atoms with Gasteiger partial charge in [0, 0.05) is 35.7 Å². The summed E-state index contributed by atoms with van der Waals surface area (Å²) >= 11 is 1.17. The molecule has 2 aliphatic heterocycles. The molecule has 0 saturated carbocycles. The van der Waals surface area contributed by atoms with Gasteiger partial charge in [-0.1, -0.05) is 18.2 Å². The molecule has 1 unspecified atom stereocenters. The second kappa shape index (κ2) is 10.5. The Bertz CT molecular complexity index is 1460. The van der Waals surface area contributed by atoms with Crippen LogP contribution in [0.5, 0.6) is 5.75 Å². The number of sulfonamides is 1. The molecule has 0 saturated heterocycles. The van der Waals surface area contributed by atoms with E-state index >= 15 is 0 Å². The smallest absolute Gasteiger partial charge is 0.416 e. The standard InChI is InChI=1S/C26H26F3N3O3S2.ClH/c1-25(2)15-22(19-5-3-17(26(27,28)29)13-21(19)16-7-9-30-10-8-16)20-6-4-18(14-23(20)35-25)37(33,34)32-24-31-11-12-36-24;/h3-7,11-14,22,30H,8-10,15H2,1-2H3,(H,31,32);1H. The van der Waals surface area contributed by atoms with Crippen molar-refractivity contribution in [2.45, 2.75) is 49.3 Å². The first-order chi connectivity index (χ1) is 17.4. The van der Waals surface area contributed by atoms with E-state index in [4.69, 9.17) is 4.74 Å². The first-order valence-electron chi connectivity index (χ1n) is 11.8. The summed E-state index contributed by atoms with van der Waals surface area (Å²) in [4.78, 5) is 3.99. The monoisotopic (exact) mass is 585 g/mol. The number of halogens is 4. The summed E-state index contributed by atoms with van der Waals surface area (Å²) in [5.41, 5.74) is 1.60. The Kier molecular flexibility index (Phi) is 7.86. The lowest BCUT2D eigenvalue weighted by Gasteiger charge is -2.39. The molecule has 0 amide bonds. The van der Waals surface area contributed by atoms with E-state index in [0.717, 1.165) is 22.8 Å². The zero-order chi connectivity index (χ0) is 26.4. The number of thiazole rings is 1. The molecule has 0 fully saturated rings. The Morgan fingerprint density at radius 1 is 1.16 bits per heavy atom. The second-order valence-electron chi connectivity index (χ2n) is 9.74. The number of aromatic nitrogens is 1. The number of anilines is 1. The van der Waals surface area contributed by atoms with E-state index in [0.29, 0.717) is 37.2 Å². The number of benzene rings is 2. The van der Waals surface area contributed by atoms with Gasteiger partial charge in [-0.05, 0) is 68.1 Å². The Hall–Kier alpha value is -2.60. The summed E-state index contributed by atoms with van der Waals surface area (Å²) < 4.78 is 75.5. The first-order valence-corrected chi connectivity index (χ1v) is 14.2. The minimum absolute atomic E-state index is 0. The molecule has 2 aliphatic rings. The highest BCUT2D eigenvalue weighted by Gasteiger charge is 2.38. The van der Waals surface area contributed by atoms with Crippen molar-refractivity contribution in [1.82, 2.24) is 10.3 Å². The van der Waals surface area contributed by atoms with Crippen molar-refractivity contribution in [3.05, 3.63) is 76.3 Å². The average Bonchev–Trinajstić information content (AvgIpc) is 3.34. The van der Waals surface area contributed by atoms with E-state index in [9.17, 15) is 21.6 Å². The van der Waals surface area contributed by atoms with E-state index in [1.807, 2.05) is 19.9 Å². The first kappa shape index (κ1) is 28.4. The van der Waals surface area contributed by atoms with Crippen molar-refractivity contribution in [1.29, 1.82) is 0 Å². The van der Waals surface area contributed by atoms with Crippen LogP contribution in [0.15, 0.2) is 58.9 Å². The quantitative estimate of drug-likeness (QED) is 0.359. The summed E-state index contributed by atoms with van der Waals surface area (Å²) in [6, 6.07) is 8.60. The van der Waals surface area contributed by atoms with Gasteiger partial charge in [-0.3, -0.25) is 4.72 Å². The Morgan fingerprint density at radius 2 is 1.92 bits per heavy atom. The summed E-state index contributed by atoms with van der Waals surface area (Å²) in [5, 5.41) is 5.13. The van der Waals surface area contributed by atoms with Crippen LogP contribution in [-0.4, -0.2) is 32.1 Å². The molecule has 0 spiro atoms. The molecule has 1 aromatic heterocycles. The lowest BCUT2D eigenvalue weighted by molar-refractivity contribution is -0.137. The highest BCUT2D eigenvalue weighted by Crippen LogP contribution is 2.48. The number of hydrogen-bond donors (Lipinski definition) is 2. The number of alkyl halides is 3. The third-order valence-corrected chi connectivity index (χ3v) is 8.73. The van der Waals surface area contributed by atoms with E-state index in [1.54, 1.807) is 17.5 Å². The fraction of sp³-hybridized carbons (Fsp3) is 0.346. The van der Waals surface area contributed by atoms with Gasteiger partial charge in [0.15, 0.2) is 5.13 Å². The number of ether oxygens (including phenoxy) is 1. The van der Waals surface area contributed by atoms with E-state index in [2.05, 4.69) is 15.0 Å². The van der Waals surface area contributed by atoms with Gasteiger partial charge < -0.3 is 10.1 Å².